The van der Waals surface area contributed by atoms with Gasteiger partial charge in [0.2, 0.25) is 0 Å². The highest BCUT2D eigenvalue weighted by atomic mass is 32.1. The highest BCUT2D eigenvalue weighted by Crippen LogP contribution is 2.18. The SMILES string of the molecule is Cc1ccc(F)c(NC(=O)c2cn(C[C@H](O)c3ccsc3)nn2)c1. The molecule has 0 saturated heterocycles. The lowest BCUT2D eigenvalue weighted by Crippen LogP contribution is -2.13. The third-order valence-electron chi connectivity index (χ3n) is 3.43. The van der Waals surface area contributed by atoms with Gasteiger partial charge in [0.1, 0.15) is 5.82 Å². The highest BCUT2D eigenvalue weighted by molar-refractivity contribution is 7.07. The molecule has 124 valence electrons. The molecule has 0 fully saturated rings. The van der Waals surface area contributed by atoms with Gasteiger partial charge in [-0.2, -0.15) is 11.3 Å². The van der Waals surface area contributed by atoms with E-state index in [0.717, 1.165) is 11.1 Å². The Morgan fingerprint density at radius 3 is 3.04 bits per heavy atom. The van der Waals surface area contributed by atoms with Crippen molar-refractivity contribution in [3.8, 4) is 0 Å². The van der Waals surface area contributed by atoms with Crippen molar-refractivity contribution in [2.45, 2.75) is 19.6 Å². The Bertz CT molecular complexity index is 848. The van der Waals surface area contributed by atoms with E-state index in [1.54, 1.807) is 13.0 Å². The van der Waals surface area contributed by atoms with E-state index in [-0.39, 0.29) is 17.9 Å². The van der Waals surface area contributed by atoms with Crippen LogP contribution in [0.3, 0.4) is 0 Å². The molecule has 1 amide bonds. The van der Waals surface area contributed by atoms with Crippen molar-refractivity contribution in [3.05, 3.63) is 63.9 Å². The summed E-state index contributed by atoms with van der Waals surface area (Å²) in [4.78, 5) is 12.2. The van der Waals surface area contributed by atoms with Gasteiger partial charge >= 0.3 is 0 Å². The molecule has 0 spiro atoms. The van der Waals surface area contributed by atoms with Crippen LogP contribution < -0.4 is 5.32 Å². The third kappa shape index (κ3) is 3.66. The summed E-state index contributed by atoms with van der Waals surface area (Å²) in [7, 11) is 0. The average molecular weight is 346 g/mol. The number of nitrogens with one attached hydrogen (secondary N) is 1. The molecule has 1 aromatic carbocycles. The fourth-order valence-corrected chi connectivity index (χ4v) is 2.87. The third-order valence-corrected chi connectivity index (χ3v) is 4.13. The number of aliphatic hydroxyl groups excluding tert-OH is 1. The van der Waals surface area contributed by atoms with E-state index in [1.807, 2.05) is 16.8 Å². The Morgan fingerprint density at radius 2 is 2.29 bits per heavy atom. The number of carbonyl (C=O) groups is 1. The Morgan fingerprint density at radius 1 is 1.46 bits per heavy atom. The van der Waals surface area contributed by atoms with Gasteiger partial charge < -0.3 is 10.4 Å². The maximum atomic E-state index is 13.7. The van der Waals surface area contributed by atoms with E-state index in [4.69, 9.17) is 0 Å². The monoisotopic (exact) mass is 346 g/mol. The van der Waals surface area contributed by atoms with Crippen LogP contribution in [0.2, 0.25) is 0 Å². The molecule has 2 N–H and O–H groups in total. The number of halogens is 1. The summed E-state index contributed by atoms with van der Waals surface area (Å²) in [5.74, 6) is -1.08. The van der Waals surface area contributed by atoms with E-state index in [2.05, 4.69) is 15.6 Å². The number of hydrogen-bond donors (Lipinski definition) is 2. The van der Waals surface area contributed by atoms with E-state index in [9.17, 15) is 14.3 Å². The predicted molar refractivity (Wildman–Crippen MR) is 88.4 cm³/mol. The first kappa shape index (κ1) is 16.3. The first-order chi connectivity index (χ1) is 11.5. The van der Waals surface area contributed by atoms with E-state index in [1.165, 1.54) is 34.3 Å². The van der Waals surface area contributed by atoms with Crippen LogP contribution in [-0.2, 0) is 6.54 Å². The Kier molecular flexibility index (Phi) is 4.68. The largest absolute Gasteiger partial charge is 0.386 e. The summed E-state index contributed by atoms with van der Waals surface area (Å²) in [6.07, 6.45) is 0.682. The number of hydrogen-bond acceptors (Lipinski definition) is 5. The van der Waals surface area contributed by atoms with Gasteiger partial charge in [0.15, 0.2) is 5.69 Å². The molecule has 3 aromatic rings. The minimum absolute atomic E-state index is 0.0495. The molecule has 0 aliphatic heterocycles. The number of benzene rings is 1. The number of aryl methyl sites for hydroxylation is 1. The molecule has 6 nitrogen and oxygen atoms in total. The van der Waals surface area contributed by atoms with Crippen LogP contribution in [0, 0.1) is 12.7 Å². The molecule has 0 aliphatic rings. The average Bonchev–Trinajstić information content (AvgIpc) is 3.22. The predicted octanol–water partition coefficient (Wildman–Crippen LogP) is 2.77. The van der Waals surface area contributed by atoms with Crippen LogP contribution in [0.15, 0.2) is 41.2 Å². The normalized spacial score (nSPS) is 12.1. The van der Waals surface area contributed by atoms with E-state index in [0.29, 0.717) is 0 Å². The van der Waals surface area contributed by atoms with Crippen LogP contribution in [-0.4, -0.2) is 26.0 Å². The van der Waals surface area contributed by atoms with Crippen molar-refractivity contribution in [1.29, 1.82) is 0 Å². The second-order valence-electron chi connectivity index (χ2n) is 5.34. The van der Waals surface area contributed by atoms with Crippen molar-refractivity contribution < 1.29 is 14.3 Å². The zero-order chi connectivity index (χ0) is 17.1. The lowest BCUT2D eigenvalue weighted by Gasteiger charge is -2.07. The summed E-state index contributed by atoms with van der Waals surface area (Å²) in [5.41, 5.74) is 1.75. The topological polar surface area (TPSA) is 80.0 Å². The van der Waals surface area contributed by atoms with Crippen LogP contribution in [0.4, 0.5) is 10.1 Å². The fraction of sp³-hybridized carbons (Fsp3) is 0.188. The molecule has 1 atom stereocenters. The number of aliphatic hydroxyl groups is 1. The summed E-state index contributed by atoms with van der Waals surface area (Å²) >= 11 is 1.49. The van der Waals surface area contributed by atoms with Gasteiger partial charge in [-0.25, -0.2) is 9.07 Å². The van der Waals surface area contributed by atoms with Crippen molar-refractivity contribution in [2.24, 2.45) is 0 Å². The van der Waals surface area contributed by atoms with Crippen LogP contribution in [0.5, 0.6) is 0 Å². The number of thiophene rings is 1. The minimum Gasteiger partial charge on any atom is -0.386 e. The van der Waals surface area contributed by atoms with Gasteiger partial charge in [-0.3, -0.25) is 4.79 Å². The Balaban J connectivity index is 1.68. The number of amides is 1. The van der Waals surface area contributed by atoms with Crippen LogP contribution >= 0.6 is 11.3 Å². The van der Waals surface area contributed by atoms with Crippen molar-refractivity contribution in [1.82, 2.24) is 15.0 Å². The molecule has 2 aromatic heterocycles. The molecular weight excluding hydrogens is 331 g/mol. The quantitative estimate of drug-likeness (QED) is 0.744. The number of aromatic nitrogens is 3. The summed E-state index contributed by atoms with van der Waals surface area (Å²) < 4.78 is 15.1. The molecule has 0 saturated carbocycles. The number of carbonyl (C=O) groups excluding carboxylic acids is 1. The van der Waals surface area contributed by atoms with Gasteiger partial charge in [-0.15, -0.1) is 5.10 Å². The standard InChI is InChI=1S/C16H15FN4O2S/c1-10-2-3-12(17)13(6-10)18-16(23)14-7-21(20-19-14)8-15(22)11-4-5-24-9-11/h2-7,9,15,22H,8H2,1H3,(H,18,23)/t15-/m0/s1. The summed E-state index contributed by atoms with van der Waals surface area (Å²) in [6.45, 7) is 1.98. The lowest BCUT2D eigenvalue weighted by atomic mass is 10.2. The van der Waals surface area contributed by atoms with Crippen LogP contribution in [0.1, 0.15) is 27.7 Å². The number of anilines is 1. The van der Waals surface area contributed by atoms with Crippen LogP contribution in [0.25, 0.3) is 0 Å². The molecule has 0 aliphatic carbocycles. The van der Waals surface area contributed by atoms with Crippen molar-refractivity contribution in [3.63, 3.8) is 0 Å². The molecule has 24 heavy (non-hydrogen) atoms. The van der Waals surface area contributed by atoms with Crippen molar-refractivity contribution >= 4 is 22.9 Å². The maximum Gasteiger partial charge on any atom is 0.277 e. The summed E-state index contributed by atoms with van der Waals surface area (Å²) in [5, 5.41) is 23.9. The van der Waals surface area contributed by atoms with E-state index >= 15 is 0 Å². The molecule has 2 heterocycles. The zero-order valence-electron chi connectivity index (χ0n) is 12.8. The van der Waals surface area contributed by atoms with Gasteiger partial charge in [0.25, 0.3) is 5.91 Å². The molecule has 3 rings (SSSR count). The number of nitrogens with zero attached hydrogens (tertiary/aromatic N) is 3. The first-order valence-electron chi connectivity index (χ1n) is 7.21. The fourth-order valence-electron chi connectivity index (χ4n) is 2.16. The van der Waals surface area contributed by atoms with E-state index < -0.39 is 17.8 Å². The smallest absolute Gasteiger partial charge is 0.277 e. The van der Waals surface area contributed by atoms with Gasteiger partial charge in [-0.05, 0) is 47.0 Å². The zero-order valence-corrected chi connectivity index (χ0v) is 13.6. The second kappa shape index (κ2) is 6.90. The second-order valence-corrected chi connectivity index (χ2v) is 6.12. The van der Waals surface area contributed by atoms with Gasteiger partial charge in [-0.1, -0.05) is 11.3 Å². The summed E-state index contributed by atoms with van der Waals surface area (Å²) in [6, 6.07) is 6.27. The van der Waals surface area contributed by atoms with Crippen molar-refractivity contribution in [2.75, 3.05) is 5.32 Å². The highest BCUT2D eigenvalue weighted by Gasteiger charge is 2.15. The molecule has 8 heteroatoms. The van der Waals surface area contributed by atoms with Gasteiger partial charge in [0.05, 0.1) is 24.5 Å². The first-order valence-corrected chi connectivity index (χ1v) is 8.15. The Labute approximate surface area is 141 Å². The minimum atomic E-state index is -0.733. The molecule has 0 unspecified atom stereocenters. The van der Waals surface area contributed by atoms with Gasteiger partial charge in [0, 0.05) is 0 Å². The Hall–Kier alpha value is -2.58. The maximum absolute atomic E-state index is 13.7. The lowest BCUT2D eigenvalue weighted by molar-refractivity contribution is 0.102. The molecule has 0 bridgehead atoms. The molecular formula is C16H15FN4O2S. The molecule has 0 radical (unpaired) electrons. The number of rotatable bonds is 5.